The van der Waals surface area contributed by atoms with Crippen LogP contribution in [-0.4, -0.2) is 35.5 Å². The number of benzene rings is 17. The number of anilines is 6. The van der Waals surface area contributed by atoms with Crippen LogP contribution in [0.5, 0.6) is 0 Å². The van der Waals surface area contributed by atoms with Crippen molar-refractivity contribution in [2.75, 3.05) is 9.80 Å². The minimum absolute atomic E-state index is 0.0151. The molecule has 536 valence electrons. The molecule has 3 nitrogen and oxygen atoms in total. The summed E-state index contributed by atoms with van der Waals surface area (Å²) in [5.41, 5.74) is 17.5. The maximum Gasteiger partial charge on any atom is 0.252 e. The van der Waals surface area contributed by atoms with Gasteiger partial charge in [-0.25, -0.2) is 0 Å². The van der Waals surface area contributed by atoms with Crippen LogP contribution in [0.3, 0.4) is 0 Å². The molecule has 0 aliphatic carbocycles. The first-order valence-electron chi connectivity index (χ1n) is 39.6. The third kappa shape index (κ3) is 11.3. The van der Waals surface area contributed by atoms with Gasteiger partial charge in [0, 0.05) is 44.9 Å². The van der Waals surface area contributed by atoms with E-state index in [2.05, 4.69) is 478 Å². The Bertz CT molecular complexity index is 6140. The van der Waals surface area contributed by atoms with E-state index in [4.69, 9.17) is 0 Å². The summed E-state index contributed by atoms with van der Waals surface area (Å²) in [6.45, 7) is 6.67. The smallest absolute Gasteiger partial charge is 0.252 e. The number of fused-ring (bicyclic) bond motifs is 7. The topological polar surface area (TPSA) is 11.4 Å². The van der Waals surface area contributed by atoms with Crippen molar-refractivity contribution in [1.82, 2.24) is 4.57 Å². The number of para-hydroxylation sites is 2. The lowest BCUT2D eigenvalue weighted by Crippen LogP contribution is -2.75. The molecule has 0 atom stereocenters. The van der Waals surface area contributed by atoms with Gasteiger partial charge >= 0.3 is 0 Å². The molecule has 20 rings (SSSR count). The third-order valence-corrected chi connectivity index (χ3v) is 38.8. The molecule has 0 saturated carbocycles. The molecule has 2 aliphatic rings. The molecule has 0 N–H and O–H groups in total. The highest BCUT2D eigenvalue weighted by molar-refractivity contribution is 7.21. The van der Waals surface area contributed by atoms with Gasteiger partial charge in [-0.05, 0) is 161 Å². The summed E-state index contributed by atoms with van der Waals surface area (Å²) < 4.78 is 2.54. The molecule has 0 radical (unpaired) electrons. The van der Waals surface area contributed by atoms with Crippen molar-refractivity contribution in [1.29, 1.82) is 0 Å². The summed E-state index contributed by atoms with van der Waals surface area (Å²) in [6.07, 6.45) is 0. The second-order valence-electron chi connectivity index (χ2n) is 31.4. The van der Waals surface area contributed by atoms with E-state index >= 15 is 0 Å². The van der Waals surface area contributed by atoms with Crippen LogP contribution >= 0.6 is 0 Å². The van der Waals surface area contributed by atoms with Gasteiger partial charge in [-0.1, -0.05) is 403 Å². The van der Waals surface area contributed by atoms with Gasteiger partial charge in [-0.2, -0.15) is 0 Å². The van der Waals surface area contributed by atoms with Gasteiger partial charge in [0.15, 0.2) is 24.2 Å². The zero-order chi connectivity index (χ0) is 75.7. The quantitative estimate of drug-likeness (QED) is 0.0706. The fraction of sp³-hybridized carbons (Fsp3) is 0.0377. The van der Waals surface area contributed by atoms with Crippen molar-refractivity contribution in [3.05, 3.63) is 448 Å². The fourth-order valence-electron chi connectivity index (χ4n) is 19.4. The molecule has 18 aromatic rings. The number of rotatable bonds is 16. The van der Waals surface area contributed by atoms with Crippen molar-refractivity contribution >= 4 is 165 Å². The van der Waals surface area contributed by atoms with Crippen LogP contribution in [0.2, 0.25) is 0 Å². The van der Waals surface area contributed by atoms with E-state index < -0.39 is 24.2 Å². The van der Waals surface area contributed by atoms with Crippen LogP contribution in [0, 0.1) is 0 Å². The molecule has 3 heterocycles. The standard InChI is InChI=1S/C106H82BN3Si3/c1-106(2,3)79-60-57-77(58-61-79)78-59-71-97-102(73-78)109(81-64-68-93(69-65-81)112(86-41-19-7-20-42-86,87-43-21-8-22-44-87)88-45-23-9-24-46-88)104-75-82(110-99-55-33-31-53-95(99)96-54-32-34-56-100(96)110)74-103-105(104)107(97)98-76-94(113(89-47-25-10-26-48-89,90-49-27-11-28-50-90)91-51-29-12-30-52-91)70-72-101(98)108(103)80-62-66-92(67-63-80)111(83-35-13-4-14-36-83,84-37-15-5-16-38-84)85-39-17-6-18-40-85/h4-76H,1-3H3. The molecule has 0 fully saturated rings. The molecule has 1 aromatic heterocycles. The highest BCUT2D eigenvalue weighted by atomic mass is 28.3. The molecule has 0 spiro atoms. The van der Waals surface area contributed by atoms with Crippen molar-refractivity contribution in [2.45, 2.75) is 26.2 Å². The van der Waals surface area contributed by atoms with E-state index in [1.807, 2.05) is 0 Å². The molecular weight excluding hydrogens is 1410 g/mol. The highest BCUT2D eigenvalue weighted by Crippen LogP contribution is 2.47. The molecule has 0 saturated heterocycles. The molecule has 0 unspecified atom stereocenters. The van der Waals surface area contributed by atoms with Crippen LogP contribution < -0.4 is 88.4 Å². The van der Waals surface area contributed by atoms with Crippen LogP contribution in [0.15, 0.2) is 443 Å². The van der Waals surface area contributed by atoms with Gasteiger partial charge in [0.25, 0.3) is 6.71 Å². The van der Waals surface area contributed by atoms with Crippen LogP contribution in [-0.2, 0) is 5.41 Å². The molecule has 0 amide bonds. The van der Waals surface area contributed by atoms with Crippen molar-refractivity contribution in [2.24, 2.45) is 0 Å². The second-order valence-corrected chi connectivity index (χ2v) is 42.8. The molecule has 7 heteroatoms. The SMILES string of the molecule is CC(C)(C)c1ccc(-c2ccc3c(c2)N(c2ccc([Si](c4ccccc4)(c4ccccc4)c4ccccc4)cc2)c2cc(-n4c5ccccc5c5ccccc54)cc4c2B3c2cc([Si](c3ccccc3)(c3ccccc3)c3ccccc3)ccc2N4c2ccc([Si](c3ccccc3)(c3ccccc3)c3ccccc3)cc2)cc1. The lowest BCUT2D eigenvalue weighted by atomic mass is 9.33. The van der Waals surface area contributed by atoms with Gasteiger partial charge in [-0.3, -0.25) is 0 Å². The average molecular weight is 1490 g/mol. The number of hydrogen-bond acceptors (Lipinski definition) is 2. The predicted octanol–water partition coefficient (Wildman–Crippen LogP) is 16.0. The van der Waals surface area contributed by atoms with Gasteiger partial charge in [0.2, 0.25) is 0 Å². The summed E-state index contributed by atoms with van der Waals surface area (Å²) >= 11 is 0. The Kier molecular flexibility index (Phi) is 17.3. The van der Waals surface area contributed by atoms with Crippen molar-refractivity contribution < 1.29 is 0 Å². The maximum absolute atomic E-state index is 3.16. The van der Waals surface area contributed by atoms with Crippen molar-refractivity contribution in [3.63, 3.8) is 0 Å². The summed E-state index contributed by atoms with van der Waals surface area (Å²) in [4.78, 5) is 5.31. The Morgan fingerprint density at radius 2 is 0.522 bits per heavy atom. The number of aromatic nitrogens is 1. The predicted molar refractivity (Wildman–Crippen MR) is 490 cm³/mol. The molecule has 2 aliphatic heterocycles. The van der Waals surface area contributed by atoms with E-state index in [0.29, 0.717) is 0 Å². The molecule has 17 aromatic carbocycles. The lowest BCUT2D eigenvalue weighted by molar-refractivity contribution is 0.590. The first-order valence-corrected chi connectivity index (χ1v) is 45.6. The summed E-state index contributed by atoms with van der Waals surface area (Å²) in [5, 5.41) is 18.4. The second kappa shape index (κ2) is 28.3. The largest absolute Gasteiger partial charge is 0.311 e. The first kappa shape index (κ1) is 69.1. The minimum Gasteiger partial charge on any atom is -0.311 e. The molecule has 0 bridgehead atoms. The summed E-state index contributed by atoms with van der Waals surface area (Å²) in [6, 6.07) is 170. The van der Waals surface area contributed by atoms with Gasteiger partial charge in [-0.15, -0.1) is 0 Å². The highest BCUT2D eigenvalue weighted by Gasteiger charge is 2.49. The van der Waals surface area contributed by atoms with Crippen LogP contribution in [0.25, 0.3) is 38.6 Å². The summed E-state index contributed by atoms with van der Waals surface area (Å²) in [5.74, 6) is 0. The van der Waals surface area contributed by atoms with E-state index in [0.717, 1.165) is 56.4 Å². The minimum atomic E-state index is -3.16. The number of nitrogens with zero attached hydrogens (tertiary/aromatic N) is 3. The fourth-order valence-corrected chi connectivity index (χ4v) is 33.6. The molecule has 113 heavy (non-hydrogen) atoms. The van der Waals surface area contributed by atoms with Crippen LogP contribution in [0.4, 0.5) is 34.1 Å². The maximum atomic E-state index is 2.68. The summed E-state index contributed by atoms with van der Waals surface area (Å²) in [7, 11) is -9.12. The van der Waals surface area contributed by atoms with Gasteiger partial charge in [0.05, 0.1) is 16.7 Å². The first-order chi connectivity index (χ1) is 55.7. The Hall–Kier alpha value is -13.1. The van der Waals surface area contributed by atoms with E-state index in [1.165, 1.54) is 101 Å². The van der Waals surface area contributed by atoms with E-state index in [-0.39, 0.29) is 12.1 Å². The Morgan fingerprint density at radius 3 is 0.876 bits per heavy atom. The molecular formula is C106H82BN3Si3. The Balaban J connectivity index is 0.909. The van der Waals surface area contributed by atoms with E-state index in [1.54, 1.807) is 0 Å². The zero-order valence-electron chi connectivity index (χ0n) is 63.6. The lowest BCUT2D eigenvalue weighted by Gasteiger charge is -2.45. The Morgan fingerprint density at radius 1 is 0.221 bits per heavy atom. The van der Waals surface area contributed by atoms with E-state index in [9.17, 15) is 0 Å². The average Bonchev–Trinajstić information content (AvgIpc) is 1.63. The number of hydrogen-bond donors (Lipinski definition) is 0. The van der Waals surface area contributed by atoms with Crippen molar-refractivity contribution in [3.8, 4) is 16.8 Å². The zero-order valence-corrected chi connectivity index (χ0v) is 66.6. The van der Waals surface area contributed by atoms with Gasteiger partial charge in [0.1, 0.15) is 0 Å². The van der Waals surface area contributed by atoms with Gasteiger partial charge < -0.3 is 14.4 Å². The van der Waals surface area contributed by atoms with Crippen LogP contribution in [0.1, 0.15) is 26.3 Å². The normalized spacial score (nSPS) is 12.7. The third-order valence-electron chi connectivity index (χ3n) is 24.4. The Labute approximate surface area is 666 Å². The monoisotopic (exact) mass is 1490 g/mol.